The van der Waals surface area contributed by atoms with E-state index in [4.69, 9.17) is 5.10 Å². The average Bonchev–Trinajstić information content (AvgIpc) is 2.98. The molecule has 1 amide bonds. The third-order valence-corrected chi connectivity index (χ3v) is 5.91. The maximum absolute atomic E-state index is 13.1. The topological polar surface area (TPSA) is 50.2 Å². The maximum atomic E-state index is 13.1. The third-order valence-electron chi connectivity index (χ3n) is 4.96. The molecule has 1 atom stereocenters. The molecule has 1 aromatic rings. The molecular formula is C19H30N4OS. The zero-order chi connectivity index (χ0) is 17.8. The number of allylic oxidation sites excluding steroid dienone is 1. The Hall–Kier alpha value is -1.27. The van der Waals surface area contributed by atoms with Gasteiger partial charge < -0.3 is 10.2 Å². The number of aromatic nitrogens is 2. The lowest BCUT2D eigenvalue weighted by Gasteiger charge is -2.28. The molecule has 25 heavy (non-hydrogen) atoms. The Morgan fingerprint density at radius 2 is 2.20 bits per heavy atom. The SMILES string of the molecule is C=CCn1nc(C(=O)N2CCSCC2)c2c1CC[C@@H](NCC(C)C)C2. The van der Waals surface area contributed by atoms with E-state index in [-0.39, 0.29) is 5.91 Å². The van der Waals surface area contributed by atoms with Gasteiger partial charge in [0, 0.05) is 41.9 Å². The minimum absolute atomic E-state index is 0.115. The third kappa shape index (κ3) is 4.29. The molecule has 6 heteroatoms. The summed E-state index contributed by atoms with van der Waals surface area (Å²) in [5.74, 6) is 2.81. The highest BCUT2D eigenvalue weighted by molar-refractivity contribution is 7.99. The average molecular weight is 363 g/mol. The molecule has 1 saturated heterocycles. The molecule has 3 rings (SSSR count). The monoisotopic (exact) mass is 362 g/mol. The van der Waals surface area contributed by atoms with Crippen LogP contribution in [0.4, 0.5) is 0 Å². The van der Waals surface area contributed by atoms with Gasteiger partial charge in [0.15, 0.2) is 5.69 Å². The van der Waals surface area contributed by atoms with Crippen LogP contribution in [0.3, 0.4) is 0 Å². The lowest BCUT2D eigenvalue weighted by Crippen LogP contribution is -2.40. The van der Waals surface area contributed by atoms with Gasteiger partial charge in [-0.25, -0.2) is 0 Å². The Morgan fingerprint density at radius 1 is 1.44 bits per heavy atom. The molecule has 1 aliphatic carbocycles. The molecule has 0 aromatic carbocycles. The molecule has 2 heterocycles. The summed E-state index contributed by atoms with van der Waals surface area (Å²) >= 11 is 1.92. The van der Waals surface area contributed by atoms with E-state index in [0.717, 1.165) is 56.0 Å². The van der Waals surface area contributed by atoms with Crippen molar-refractivity contribution in [1.29, 1.82) is 0 Å². The number of hydrogen-bond donors (Lipinski definition) is 1. The number of carbonyl (C=O) groups is 1. The lowest BCUT2D eigenvalue weighted by atomic mass is 9.90. The molecule has 5 nitrogen and oxygen atoms in total. The Balaban J connectivity index is 1.83. The number of carbonyl (C=O) groups excluding carboxylic acids is 1. The number of nitrogens with one attached hydrogen (secondary N) is 1. The summed E-state index contributed by atoms with van der Waals surface area (Å²) in [6.45, 7) is 11.7. The largest absolute Gasteiger partial charge is 0.336 e. The summed E-state index contributed by atoms with van der Waals surface area (Å²) in [4.78, 5) is 15.0. The van der Waals surface area contributed by atoms with Gasteiger partial charge >= 0.3 is 0 Å². The highest BCUT2D eigenvalue weighted by atomic mass is 32.2. The van der Waals surface area contributed by atoms with Crippen LogP contribution in [0, 0.1) is 5.92 Å². The van der Waals surface area contributed by atoms with E-state index in [1.807, 2.05) is 27.4 Å². The first-order valence-electron chi connectivity index (χ1n) is 9.40. The number of amides is 1. The molecule has 0 bridgehead atoms. The molecule has 0 saturated carbocycles. The van der Waals surface area contributed by atoms with Gasteiger partial charge in [-0.15, -0.1) is 6.58 Å². The summed E-state index contributed by atoms with van der Waals surface area (Å²) in [5, 5.41) is 8.37. The van der Waals surface area contributed by atoms with Gasteiger partial charge in [-0.2, -0.15) is 16.9 Å². The second-order valence-corrected chi connectivity index (χ2v) is 8.62. The number of fused-ring (bicyclic) bond motifs is 1. The Labute approximate surface area is 155 Å². The van der Waals surface area contributed by atoms with Crippen LogP contribution in [-0.2, 0) is 19.4 Å². The highest BCUT2D eigenvalue weighted by Gasteiger charge is 2.31. The van der Waals surface area contributed by atoms with Gasteiger partial charge in [0.25, 0.3) is 5.91 Å². The molecule has 0 unspecified atom stereocenters. The van der Waals surface area contributed by atoms with Crippen LogP contribution < -0.4 is 5.32 Å². The molecule has 1 N–H and O–H groups in total. The molecule has 2 aliphatic rings. The van der Waals surface area contributed by atoms with Crippen LogP contribution in [0.25, 0.3) is 0 Å². The van der Waals surface area contributed by atoms with Crippen molar-refractivity contribution in [1.82, 2.24) is 20.0 Å². The van der Waals surface area contributed by atoms with E-state index >= 15 is 0 Å². The van der Waals surface area contributed by atoms with Gasteiger partial charge in [-0.3, -0.25) is 9.48 Å². The summed E-state index contributed by atoms with van der Waals surface area (Å²) in [7, 11) is 0. The zero-order valence-corrected chi connectivity index (χ0v) is 16.3. The second kappa shape index (κ2) is 8.41. The quantitative estimate of drug-likeness (QED) is 0.790. The molecule has 0 radical (unpaired) electrons. The van der Waals surface area contributed by atoms with E-state index in [1.54, 1.807) is 0 Å². The van der Waals surface area contributed by atoms with E-state index in [9.17, 15) is 4.79 Å². The predicted molar refractivity (Wildman–Crippen MR) is 104 cm³/mol. The highest BCUT2D eigenvalue weighted by Crippen LogP contribution is 2.27. The second-order valence-electron chi connectivity index (χ2n) is 7.39. The van der Waals surface area contributed by atoms with Crippen molar-refractivity contribution >= 4 is 17.7 Å². The van der Waals surface area contributed by atoms with Crippen LogP contribution in [0.5, 0.6) is 0 Å². The molecule has 138 valence electrons. The summed E-state index contributed by atoms with van der Waals surface area (Å²) in [6, 6.07) is 0.444. The Kier molecular flexibility index (Phi) is 6.23. The van der Waals surface area contributed by atoms with E-state index in [0.29, 0.717) is 24.2 Å². The minimum atomic E-state index is 0.115. The first-order chi connectivity index (χ1) is 12.1. The van der Waals surface area contributed by atoms with Crippen molar-refractivity contribution in [2.24, 2.45) is 5.92 Å². The van der Waals surface area contributed by atoms with Crippen LogP contribution in [0.1, 0.15) is 42.0 Å². The summed E-state index contributed by atoms with van der Waals surface area (Å²) in [6.07, 6.45) is 4.86. The van der Waals surface area contributed by atoms with E-state index in [1.165, 1.54) is 5.69 Å². The van der Waals surface area contributed by atoms with E-state index < -0.39 is 0 Å². The minimum Gasteiger partial charge on any atom is -0.336 e. The lowest BCUT2D eigenvalue weighted by molar-refractivity contribution is 0.0764. The van der Waals surface area contributed by atoms with Gasteiger partial charge in [0.2, 0.25) is 0 Å². The molecular weight excluding hydrogens is 332 g/mol. The molecule has 1 fully saturated rings. The number of thioether (sulfide) groups is 1. The number of hydrogen-bond acceptors (Lipinski definition) is 4. The smallest absolute Gasteiger partial charge is 0.274 e. The van der Waals surface area contributed by atoms with Gasteiger partial charge in [-0.1, -0.05) is 19.9 Å². The Morgan fingerprint density at radius 3 is 2.88 bits per heavy atom. The summed E-state index contributed by atoms with van der Waals surface area (Å²) < 4.78 is 1.99. The molecule has 1 aromatic heterocycles. The summed E-state index contributed by atoms with van der Waals surface area (Å²) in [5.41, 5.74) is 3.08. The van der Waals surface area contributed by atoms with Gasteiger partial charge in [0.1, 0.15) is 0 Å². The fraction of sp³-hybridized carbons (Fsp3) is 0.684. The van der Waals surface area contributed by atoms with Crippen LogP contribution in [0.2, 0.25) is 0 Å². The van der Waals surface area contributed by atoms with Crippen molar-refractivity contribution in [2.75, 3.05) is 31.1 Å². The van der Waals surface area contributed by atoms with Crippen molar-refractivity contribution in [2.45, 2.75) is 45.7 Å². The van der Waals surface area contributed by atoms with Crippen molar-refractivity contribution in [3.63, 3.8) is 0 Å². The normalized spacial score (nSPS) is 20.6. The van der Waals surface area contributed by atoms with E-state index in [2.05, 4.69) is 25.7 Å². The van der Waals surface area contributed by atoms with Crippen molar-refractivity contribution in [3.05, 3.63) is 29.6 Å². The van der Waals surface area contributed by atoms with Crippen LogP contribution in [0.15, 0.2) is 12.7 Å². The standard InChI is InChI=1S/C19H30N4OS/c1-4-7-23-17-6-5-15(20-13-14(2)3)12-16(17)18(21-23)19(24)22-8-10-25-11-9-22/h4,14-15,20H,1,5-13H2,2-3H3/t15-/m1/s1. The van der Waals surface area contributed by atoms with Gasteiger partial charge in [0.05, 0.1) is 6.54 Å². The number of nitrogens with zero attached hydrogens (tertiary/aromatic N) is 3. The molecule has 0 spiro atoms. The van der Waals surface area contributed by atoms with Crippen molar-refractivity contribution in [3.8, 4) is 0 Å². The van der Waals surface area contributed by atoms with Gasteiger partial charge in [-0.05, 0) is 31.7 Å². The first-order valence-corrected chi connectivity index (χ1v) is 10.6. The zero-order valence-electron chi connectivity index (χ0n) is 15.5. The fourth-order valence-corrected chi connectivity index (χ4v) is 4.53. The number of rotatable bonds is 6. The Bertz CT molecular complexity index is 619. The maximum Gasteiger partial charge on any atom is 0.274 e. The predicted octanol–water partition coefficient (Wildman–Crippen LogP) is 2.36. The van der Waals surface area contributed by atoms with Crippen molar-refractivity contribution < 1.29 is 4.79 Å². The van der Waals surface area contributed by atoms with Crippen LogP contribution >= 0.6 is 11.8 Å². The van der Waals surface area contributed by atoms with Crippen LogP contribution in [-0.4, -0.2) is 57.8 Å². The molecule has 1 aliphatic heterocycles. The first kappa shape index (κ1) is 18.5. The fourth-order valence-electron chi connectivity index (χ4n) is 3.63.